The molecule has 0 aromatic carbocycles. The van der Waals surface area contributed by atoms with Crippen LogP contribution in [0.1, 0.15) is 39.5 Å². The van der Waals surface area contributed by atoms with Crippen LogP contribution in [0.15, 0.2) is 0 Å². The molecule has 102 valence electrons. The summed E-state index contributed by atoms with van der Waals surface area (Å²) in [4.78, 5) is 14.9. The summed E-state index contributed by atoms with van der Waals surface area (Å²) in [6.07, 6.45) is 3.50. The molecule has 4 nitrogen and oxygen atoms in total. The lowest BCUT2D eigenvalue weighted by Crippen LogP contribution is -2.52. The van der Waals surface area contributed by atoms with Crippen molar-refractivity contribution >= 4 is 23.1 Å². The molecule has 0 spiro atoms. The van der Waals surface area contributed by atoms with Gasteiger partial charge < -0.3 is 15.4 Å². The quantitative estimate of drug-likeness (QED) is 0.772. The Morgan fingerprint density at radius 3 is 2.33 bits per heavy atom. The van der Waals surface area contributed by atoms with Gasteiger partial charge in [0.1, 0.15) is 5.60 Å². The van der Waals surface area contributed by atoms with Gasteiger partial charge in [-0.2, -0.15) is 0 Å². The molecule has 2 aliphatic rings. The van der Waals surface area contributed by atoms with Gasteiger partial charge in [-0.1, -0.05) is 19.1 Å². The van der Waals surface area contributed by atoms with Gasteiger partial charge in [-0.3, -0.25) is 4.79 Å². The summed E-state index contributed by atoms with van der Waals surface area (Å²) >= 11 is 5.11. The average molecular weight is 270 g/mol. The number of carbonyl (C=O) groups excluding carboxylic acids is 1. The Labute approximate surface area is 114 Å². The monoisotopic (exact) mass is 270 g/mol. The summed E-state index contributed by atoms with van der Waals surface area (Å²) in [6.45, 7) is 6.15. The second-order valence-corrected chi connectivity index (χ2v) is 6.34. The third kappa shape index (κ3) is 2.38. The van der Waals surface area contributed by atoms with Gasteiger partial charge in [0.25, 0.3) is 5.91 Å². The van der Waals surface area contributed by atoms with E-state index in [4.69, 9.17) is 22.7 Å². The van der Waals surface area contributed by atoms with Crippen LogP contribution in [0.2, 0.25) is 0 Å². The van der Waals surface area contributed by atoms with Crippen LogP contribution in [0.3, 0.4) is 0 Å². The summed E-state index contributed by atoms with van der Waals surface area (Å²) in [6, 6.07) is 0. The van der Waals surface area contributed by atoms with Crippen LogP contribution in [-0.2, 0) is 9.53 Å². The number of carbonyl (C=O) groups is 1. The summed E-state index contributed by atoms with van der Waals surface area (Å²) < 4.78 is 5.61. The Balaban J connectivity index is 1.98. The number of hydrogen-bond donors (Lipinski definition) is 1. The van der Waals surface area contributed by atoms with Gasteiger partial charge in [0.15, 0.2) is 0 Å². The molecule has 0 aromatic heterocycles. The molecular formula is C13H22N2O2S. The van der Waals surface area contributed by atoms with Gasteiger partial charge in [0.05, 0.1) is 4.99 Å². The van der Waals surface area contributed by atoms with Crippen LogP contribution in [0.25, 0.3) is 0 Å². The first-order chi connectivity index (χ1) is 8.37. The molecule has 2 saturated heterocycles. The van der Waals surface area contributed by atoms with Crippen LogP contribution in [-0.4, -0.2) is 41.1 Å². The summed E-state index contributed by atoms with van der Waals surface area (Å²) in [7, 11) is 0. The van der Waals surface area contributed by atoms with Crippen molar-refractivity contribution in [2.75, 3.05) is 19.7 Å². The molecule has 0 radical (unpaired) electrons. The average Bonchev–Trinajstić information content (AvgIpc) is 2.77. The van der Waals surface area contributed by atoms with Gasteiger partial charge >= 0.3 is 0 Å². The van der Waals surface area contributed by atoms with Crippen molar-refractivity contribution in [3.63, 3.8) is 0 Å². The van der Waals surface area contributed by atoms with E-state index >= 15 is 0 Å². The SMILES string of the molecule is CC1(C(N)=S)CCN(C(=O)C2(C)CCCO2)CC1. The maximum absolute atomic E-state index is 12.4. The smallest absolute Gasteiger partial charge is 0.254 e. The van der Waals surface area contributed by atoms with Crippen molar-refractivity contribution in [3.8, 4) is 0 Å². The molecule has 2 rings (SSSR count). The Hall–Kier alpha value is -0.680. The molecule has 5 heteroatoms. The molecule has 0 bridgehead atoms. The Kier molecular flexibility index (Phi) is 3.65. The van der Waals surface area contributed by atoms with E-state index < -0.39 is 5.60 Å². The first kappa shape index (κ1) is 13.7. The van der Waals surface area contributed by atoms with Crippen LogP contribution in [0.4, 0.5) is 0 Å². The highest BCUT2D eigenvalue weighted by Crippen LogP contribution is 2.34. The standard InChI is InChI=1S/C13H22N2O2S/c1-12(10(14)18)5-7-15(8-6-12)11(16)13(2)4-3-9-17-13/h3-9H2,1-2H3,(H2,14,18). The van der Waals surface area contributed by atoms with Gasteiger partial charge in [-0.05, 0) is 32.6 Å². The molecule has 0 aliphatic carbocycles. The predicted molar refractivity (Wildman–Crippen MR) is 74.3 cm³/mol. The molecule has 1 amide bonds. The minimum absolute atomic E-state index is 0.0937. The molecule has 2 N–H and O–H groups in total. The van der Waals surface area contributed by atoms with E-state index in [1.807, 2.05) is 11.8 Å². The number of amides is 1. The van der Waals surface area contributed by atoms with Crippen molar-refractivity contribution in [1.82, 2.24) is 4.90 Å². The van der Waals surface area contributed by atoms with E-state index in [-0.39, 0.29) is 11.3 Å². The maximum atomic E-state index is 12.4. The van der Waals surface area contributed by atoms with E-state index in [2.05, 4.69) is 6.92 Å². The molecule has 1 atom stereocenters. The van der Waals surface area contributed by atoms with E-state index in [9.17, 15) is 4.79 Å². The number of piperidine rings is 1. The largest absolute Gasteiger partial charge is 0.393 e. The zero-order valence-electron chi connectivity index (χ0n) is 11.2. The summed E-state index contributed by atoms with van der Waals surface area (Å²) in [5.41, 5.74) is 5.08. The fraction of sp³-hybridized carbons (Fsp3) is 0.846. The van der Waals surface area contributed by atoms with Crippen molar-refractivity contribution in [2.45, 2.75) is 45.1 Å². The number of ether oxygens (including phenoxy) is 1. The highest BCUT2D eigenvalue weighted by Gasteiger charge is 2.43. The zero-order valence-corrected chi connectivity index (χ0v) is 12.0. The van der Waals surface area contributed by atoms with E-state index in [0.29, 0.717) is 11.6 Å². The van der Waals surface area contributed by atoms with Crippen LogP contribution >= 0.6 is 12.2 Å². The van der Waals surface area contributed by atoms with E-state index in [1.165, 1.54) is 0 Å². The van der Waals surface area contributed by atoms with Gasteiger partial charge in [-0.25, -0.2) is 0 Å². The normalized spacial score (nSPS) is 31.3. The van der Waals surface area contributed by atoms with E-state index in [0.717, 1.165) is 38.8 Å². The number of rotatable bonds is 2. The Morgan fingerprint density at radius 2 is 1.89 bits per heavy atom. The van der Waals surface area contributed by atoms with Crippen molar-refractivity contribution in [1.29, 1.82) is 0 Å². The highest BCUT2D eigenvalue weighted by atomic mass is 32.1. The van der Waals surface area contributed by atoms with E-state index in [1.54, 1.807) is 0 Å². The predicted octanol–water partition coefficient (Wildman–Crippen LogP) is 1.47. The number of hydrogen-bond acceptors (Lipinski definition) is 3. The molecular weight excluding hydrogens is 248 g/mol. The summed E-state index contributed by atoms with van der Waals surface area (Å²) in [5, 5.41) is 0. The molecule has 2 heterocycles. The lowest BCUT2D eigenvalue weighted by atomic mass is 9.80. The van der Waals surface area contributed by atoms with Crippen LogP contribution < -0.4 is 5.73 Å². The highest BCUT2D eigenvalue weighted by molar-refractivity contribution is 7.80. The number of nitrogens with two attached hydrogens (primary N) is 1. The lowest BCUT2D eigenvalue weighted by molar-refractivity contribution is -0.152. The first-order valence-corrected chi connectivity index (χ1v) is 7.01. The number of thiocarbonyl (C=S) groups is 1. The number of likely N-dealkylation sites (tertiary alicyclic amines) is 1. The fourth-order valence-corrected chi connectivity index (χ4v) is 2.94. The Morgan fingerprint density at radius 1 is 1.28 bits per heavy atom. The Bertz CT molecular complexity index is 356. The van der Waals surface area contributed by atoms with Gasteiger partial charge in [0, 0.05) is 25.1 Å². The van der Waals surface area contributed by atoms with Gasteiger partial charge in [-0.15, -0.1) is 0 Å². The molecule has 1 unspecified atom stereocenters. The topological polar surface area (TPSA) is 55.6 Å². The third-order valence-corrected chi connectivity index (χ3v) is 4.91. The minimum atomic E-state index is -0.600. The molecule has 2 aliphatic heterocycles. The third-order valence-electron chi connectivity index (χ3n) is 4.42. The summed E-state index contributed by atoms with van der Waals surface area (Å²) in [5.74, 6) is 0.130. The van der Waals surface area contributed by atoms with Crippen LogP contribution in [0, 0.1) is 5.41 Å². The zero-order chi connectivity index (χ0) is 13.4. The maximum Gasteiger partial charge on any atom is 0.254 e. The van der Waals surface area contributed by atoms with Crippen molar-refractivity contribution in [3.05, 3.63) is 0 Å². The van der Waals surface area contributed by atoms with Gasteiger partial charge in [0.2, 0.25) is 0 Å². The first-order valence-electron chi connectivity index (χ1n) is 6.61. The minimum Gasteiger partial charge on any atom is -0.393 e. The lowest BCUT2D eigenvalue weighted by Gasteiger charge is -2.41. The fourth-order valence-electron chi connectivity index (χ4n) is 2.73. The second-order valence-electron chi connectivity index (χ2n) is 5.90. The number of nitrogens with zero attached hydrogens (tertiary/aromatic N) is 1. The van der Waals surface area contributed by atoms with Crippen molar-refractivity contribution < 1.29 is 9.53 Å². The van der Waals surface area contributed by atoms with Crippen molar-refractivity contribution in [2.24, 2.45) is 11.1 Å². The molecule has 2 fully saturated rings. The second kappa shape index (κ2) is 4.78. The molecule has 0 aromatic rings. The van der Waals surface area contributed by atoms with Crippen LogP contribution in [0.5, 0.6) is 0 Å². The molecule has 0 saturated carbocycles. The molecule has 18 heavy (non-hydrogen) atoms.